The molecule has 1 amide bonds. The van der Waals surface area contributed by atoms with Gasteiger partial charge in [0.1, 0.15) is 6.04 Å². The summed E-state index contributed by atoms with van der Waals surface area (Å²) in [5.41, 5.74) is 2.01. The predicted molar refractivity (Wildman–Crippen MR) is 81.1 cm³/mol. The first-order valence-corrected chi connectivity index (χ1v) is 7.13. The van der Waals surface area contributed by atoms with Gasteiger partial charge in [0.25, 0.3) is 0 Å². The fourth-order valence-electron chi connectivity index (χ4n) is 2.42. The van der Waals surface area contributed by atoms with E-state index in [0.29, 0.717) is 13.2 Å². The minimum Gasteiger partial charge on any atom is -0.383 e. The van der Waals surface area contributed by atoms with Gasteiger partial charge in [0.15, 0.2) is 0 Å². The molecule has 1 aromatic rings. The van der Waals surface area contributed by atoms with Crippen molar-refractivity contribution in [3.63, 3.8) is 0 Å². The van der Waals surface area contributed by atoms with Gasteiger partial charge in [0, 0.05) is 13.7 Å². The summed E-state index contributed by atoms with van der Waals surface area (Å²) >= 11 is 0. The quantitative estimate of drug-likeness (QED) is 0.742. The zero-order chi connectivity index (χ0) is 14.4. The molecule has 1 aromatic carbocycles. The van der Waals surface area contributed by atoms with Crippen molar-refractivity contribution in [1.29, 1.82) is 0 Å². The Labute approximate surface area is 120 Å². The van der Waals surface area contributed by atoms with E-state index in [0.717, 1.165) is 24.2 Å². The largest absolute Gasteiger partial charge is 0.383 e. The van der Waals surface area contributed by atoms with Crippen LogP contribution in [0.1, 0.15) is 19.8 Å². The molecule has 0 bridgehead atoms. The summed E-state index contributed by atoms with van der Waals surface area (Å²) in [5, 5.41) is 9.60. The summed E-state index contributed by atoms with van der Waals surface area (Å²) in [5.74, 6) is 0.0162. The molecule has 0 spiro atoms. The summed E-state index contributed by atoms with van der Waals surface area (Å²) in [6, 6.07) is 7.74. The van der Waals surface area contributed by atoms with Crippen molar-refractivity contribution in [2.24, 2.45) is 0 Å². The van der Waals surface area contributed by atoms with Crippen molar-refractivity contribution in [1.82, 2.24) is 5.32 Å². The molecule has 110 valence electrons. The molecule has 0 radical (unpaired) electrons. The SMILES string of the molecule is CCCC(COC)NC(=O)C1CNc2ccccc2N1. The Kier molecular flexibility index (Phi) is 5.24. The molecule has 1 heterocycles. The van der Waals surface area contributed by atoms with Gasteiger partial charge in [-0.1, -0.05) is 25.5 Å². The Hall–Kier alpha value is -1.75. The van der Waals surface area contributed by atoms with Crippen molar-refractivity contribution < 1.29 is 9.53 Å². The van der Waals surface area contributed by atoms with Crippen LogP contribution in [0.2, 0.25) is 0 Å². The van der Waals surface area contributed by atoms with Crippen molar-refractivity contribution in [3.8, 4) is 0 Å². The number of ether oxygens (including phenoxy) is 1. The summed E-state index contributed by atoms with van der Waals surface area (Å²) in [4.78, 5) is 12.3. The number of hydrogen-bond donors (Lipinski definition) is 3. The first kappa shape index (κ1) is 14.7. The molecule has 0 aliphatic carbocycles. The van der Waals surface area contributed by atoms with Crippen LogP contribution in [0, 0.1) is 0 Å². The lowest BCUT2D eigenvalue weighted by atomic mass is 10.1. The van der Waals surface area contributed by atoms with E-state index in [9.17, 15) is 4.79 Å². The average Bonchev–Trinajstić information content (AvgIpc) is 2.47. The molecule has 0 fully saturated rings. The van der Waals surface area contributed by atoms with Crippen LogP contribution in [0.25, 0.3) is 0 Å². The topological polar surface area (TPSA) is 62.4 Å². The second kappa shape index (κ2) is 7.14. The fourth-order valence-corrected chi connectivity index (χ4v) is 2.42. The number of benzene rings is 1. The molecule has 1 aliphatic rings. The third kappa shape index (κ3) is 3.63. The van der Waals surface area contributed by atoms with Gasteiger partial charge in [0.05, 0.1) is 24.0 Å². The lowest BCUT2D eigenvalue weighted by Crippen LogP contribution is -2.50. The van der Waals surface area contributed by atoms with E-state index in [4.69, 9.17) is 4.74 Å². The van der Waals surface area contributed by atoms with Gasteiger partial charge in [-0.05, 0) is 18.6 Å². The van der Waals surface area contributed by atoms with Gasteiger partial charge >= 0.3 is 0 Å². The van der Waals surface area contributed by atoms with Crippen LogP contribution in [0.4, 0.5) is 11.4 Å². The van der Waals surface area contributed by atoms with Crippen molar-refractivity contribution in [2.45, 2.75) is 31.8 Å². The number of methoxy groups -OCH3 is 1. The number of carbonyl (C=O) groups is 1. The standard InChI is InChI=1S/C15H23N3O2/c1-3-6-11(10-20-2)17-15(19)14-9-16-12-7-4-5-8-13(12)18-14/h4-5,7-8,11,14,16,18H,3,6,9-10H2,1-2H3,(H,17,19). The Balaban J connectivity index is 1.93. The van der Waals surface area contributed by atoms with Crippen LogP contribution in [-0.4, -0.2) is 38.3 Å². The molecular weight excluding hydrogens is 254 g/mol. The highest BCUT2D eigenvalue weighted by molar-refractivity contribution is 5.88. The highest BCUT2D eigenvalue weighted by Crippen LogP contribution is 2.25. The van der Waals surface area contributed by atoms with Gasteiger partial charge in [-0.2, -0.15) is 0 Å². The molecule has 2 unspecified atom stereocenters. The molecule has 20 heavy (non-hydrogen) atoms. The minimum absolute atomic E-state index is 0.0162. The highest BCUT2D eigenvalue weighted by atomic mass is 16.5. The Morgan fingerprint density at radius 1 is 1.45 bits per heavy atom. The van der Waals surface area contributed by atoms with Gasteiger partial charge in [-0.25, -0.2) is 0 Å². The first-order chi connectivity index (χ1) is 9.74. The predicted octanol–water partition coefficient (Wildman–Crippen LogP) is 1.82. The summed E-state index contributed by atoms with van der Waals surface area (Å²) < 4.78 is 5.15. The summed E-state index contributed by atoms with van der Waals surface area (Å²) in [6.07, 6.45) is 1.95. The first-order valence-electron chi connectivity index (χ1n) is 7.13. The number of para-hydroxylation sites is 2. The van der Waals surface area contributed by atoms with E-state index in [-0.39, 0.29) is 18.0 Å². The monoisotopic (exact) mass is 277 g/mol. The van der Waals surface area contributed by atoms with Crippen LogP contribution < -0.4 is 16.0 Å². The number of fused-ring (bicyclic) bond motifs is 1. The zero-order valence-electron chi connectivity index (χ0n) is 12.1. The lowest BCUT2D eigenvalue weighted by molar-refractivity contribution is -0.122. The van der Waals surface area contributed by atoms with Crippen LogP contribution in [0.3, 0.4) is 0 Å². The fraction of sp³-hybridized carbons (Fsp3) is 0.533. The van der Waals surface area contributed by atoms with Crippen LogP contribution >= 0.6 is 0 Å². The molecule has 3 N–H and O–H groups in total. The maximum absolute atomic E-state index is 12.3. The van der Waals surface area contributed by atoms with E-state index < -0.39 is 0 Å². The van der Waals surface area contributed by atoms with E-state index in [1.807, 2.05) is 24.3 Å². The Morgan fingerprint density at radius 2 is 2.20 bits per heavy atom. The molecule has 5 nitrogen and oxygen atoms in total. The van der Waals surface area contributed by atoms with Crippen LogP contribution in [-0.2, 0) is 9.53 Å². The lowest BCUT2D eigenvalue weighted by Gasteiger charge is -2.29. The maximum atomic E-state index is 12.3. The Bertz CT molecular complexity index is 444. The Morgan fingerprint density at radius 3 is 2.90 bits per heavy atom. The maximum Gasteiger partial charge on any atom is 0.244 e. The summed E-state index contributed by atoms with van der Waals surface area (Å²) in [6.45, 7) is 3.25. The van der Waals surface area contributed by atoms with E-state index in [2.05, 4.69) is 22.9 Å². The summed E-state index contributed by atoms with van der Waals surface area (Å²) in [7, 11) is 1.66. The molecule has 5 heteroatoms. The average molecular weight is 277 g/mol. The van der Waals surface area contributed by atoms with Crippen molar-refractivity contribution >= 4 is 17.3 Å². The molecule has 0 saturated heterocycles. The molecule has 2 atom stereocenters. The molecule has 0 aromatic heterocycles. The third-order valence-electron chi connectivity index (χ3n) is 3.42. The highest BCUT2D eigenvalue weighted by Gasteiger charge is 2.24. The number of rotatable bonds is 6. The van der Waals surface area contributed by atoms with Crippen molar-refractivity contribution in [3.05, 3.63) is 24.3 Å². The normalized spacial score (nSPS) is 18.4. The molecule has 1 aliphatic heterocycles. The minimum atomic E-state index is -0.249. The number of amides is 1. The van der Waals surface area contributed by atoms with E-state index in [1.54, 1.807) is 7.11 Å². The molecule has 0 saturated carbocycles. The van der Waals surface area contributed by atoms with Gasteiger partial charge in [-0.15, -0.1) is 0 Å². The second-order valence-electron chi connectivity index (χ2n) is 5.07. The van der Waals surface area contributed by atoms with Crippen LogP contribution in [0.5, 0.6) is 0 Å². The third-order valence-corrected chi connectivity index (χ3v) is 3.42. The van der Waals surface area contributed by atoms with Gasteiger partial charge in [0.2, 0.25) is 5.91 Å². The molecule has 2 rings (SSSR count). The van der Waals surface area contributed by atoms with Gasteiger partial charge < -0.3 is 20.7 Å². The van der Waals surface area contributed by atoms with Gasteiger partial charge in [-0.3, -0.25) is 4.79 Å². The number of carbonyl (C=O) groups excluding carboxylic acids is 1. The van der Waals surface area contributed by atoms with Crippen molar-refractivity contribution in [2.75, 3.05) is 30.9 Å². The van der Waals surface area contributed by atoms with E-state index in [1.165, 1.54) is 0 Å². The van der Waals surface area contributed by atoms with E-state index >= 15 is 0 Å². The zero-order valence-corrected chi connectivity index (χ0v) is 12.1. The number of anilines is 2. The number of hydrogen-bond acceptors (Lipinski definition) is 4. The smallest absolute Gasteiger partial charge is 0.244 e. The number of nitrogens with one attached hydrogen (secondary N) is 3. The molecular formula is C15H23N3O2. The van der Waals surface area contributed by atoms with Crippen LogP contribution in [0.15, 0.2) is 24.3 Å². The second-order valence-corrected chi connectivity index (χ2v) is 5.07.